The van der Waals surface area contributed by atoms with Crippen molar-refractivity contribution < 1.29 is 27.4 Å². The normalized spacial score (nSPS) is 15.0. The molecule has 0 aliphatic carbocycles. The van der Waals surface area contributed by atoms with Gasteiger partial charge in [-0.3, -0.25) is 4.98 Å². The molecule has 0 aromatic carbocycles. The van der Waals surface area contributed by atoms with E-state index < -0.39 is 29.5 Å². The second-order valence-electron chi connectivity index (χ2n) is 10.8. The number of aromatic nitrogens is 6. The summed E-state index contributed by atoms with van der Waals surface area (Å²) in [5.74, 6) is 0.232. The molecular weight excluding hydrogens is 541 g/mol. The van der Waals surface area contributed by atoms with E-state index in [2.05, 4.69) is 26.5 Å². The summed E-state index contributed by atoms with van der Waals surface area (Å²) in [5.41, 5.74) is 1.15. The minimum Gasteiger partial charge on any atom is -0.484 e. The Balaban J connectivity index is 1.44. The van der Waals surface area contributed by atoms with Crippen molar-refractivity contribution in [1.29, 1.82) is 5.26 Å². The predicted molar refractivity (Wildman–Crippen MR) is 139 cm³/mol. The summed E-state index contributed by atoms with van der Waals surface area (Å²) in [6.07, 6.45) is -0.672. The van der Waals surface area contributed by atoms with Crippen molar-refractivity contribution >= 4 is 11.6 Å². The monoisotopic (exact) mass is 568 g/mol. The van der Waals surface area contributed by atoms with Crippen LogP contribution in [0.5, 0.6) is 5.75 Å². The molecule has 41 heavy (non-hydrogen) atoms. The quantitative estimate of drug-likeness (QED) is 0.325. The van der Waals surface area contributed by atoms with Crippen molar-refractivity contribution in [3.63, 3.8) is 0 Å². The van der Waals surface area contributed by atoms with Crippen LogP contribution in [0.25, 0.3) is 16.8 Å². The topological polar surface area (TPSA) is 123 Å². The number of amides is 1. The van der Waals surface area contributed by atoms with Crippen LogP contribution in [-0.2, 0) is 10.9 Å². The maximum Gasteiger partial charge on any atom is 0.417 e. The van der Waals surface area contributed by atoms with Crippen LogP contribution in [0, 0.1) is 18.3 Å². The highest BCUT2D eigenvalue weighted by Gasteiger charge is 2.37. The number of nitriles is 1. The number of likely N-dealkylation sites (tertiary alicyclic amines) is 1. The van der Waals surface area contributed by atoms with Gasteiger partial charge in [-0.15, -0.1) is 5.10 Å². The van der Waals surface area contributed by atoms with Crippen molar-refractivity contribution in [3.8, 4) is 23.1 Å². The fraction of sp³-hybridized carbons (Fsp3) is 0.407. The lowest BCUT2D eigenvalue weighted by molar-refractivity contribution is -0.137. The van der Waals surface area contributed by atoms with Crippen LogP contribution in [0.15, 0.2) is 36.9 Å². The molecule has 1 amide bonds. The first-order valence-electron chi connectivity index (χ1n) is 12.8. The molecule has 5 heterocycles. The summed E-state index contributed by atoms with van der Waals surface area (Å²) in [7, 11) is 0. The third kappa shape index (κ3) is 5.52. The van der Waals surface area contributed by atoms with Crippen LogP contribution in [0.4, 0.5) is 18.0 Å². The van der Waals surface area contributed by atoms with Crippen molar-refractivity contribution in [1.82, 2.24) is 34.5 Å². The fourth-order valence-corrected chi connectivity index (χ4v) is 4.52. The van der Waals surface area contributed by atoms with Crippen LogP contribution in [0.2, 0.25) is 0 Å². The number of carbonyl (C=O) groups is 1. The summed E-state index contributed by atoms with van der Waals surface area (Å²) in [4.78, 5) is 17.6. The zero-order valence-electron chi connectivity index (χ0n) is 23.0. The number of hydrogen-bond donors (Lipinski definition) is 0. The second kappa shape index (κ2) is 10.1. The largest absolute Gasteiger partial charge is 0.484 e. The van der Waals surface area contributed by atoms with Crippen LogP contribution < -0.4 is 4.74 Å². The first kappa shape index (κ1) is 27.9. The minimum atomic E-state index is -4.55. The van der Waals surface area contributed by atoms with E-state index >= 15 is 0 Å². The number of rotatable bonds is 5. The molecule has 0 bridgehead atoms. The molecule has 1 aliphatic rings. The smallest absolute Gasteiger partial charge is 0.417 e. The van der Waals surface area contributed by atoms with Gasteiger partial charge in [-0.25, -0.2) is 14.0 Å². The SMILES string of the molecule is Cc1c(-c2cc(OC(C)c3cncc(C(F)(F)F)c3)c3c(C#N)cnn3c2)nnn1C1CN(C(=O)OC(C)(C)C)C1. The highest BCUT2D eigenvalue weighted by Crippen LogP contribution is 2.36. The zero-order chi connectivity index (χ0) is 29.7. The van der Waals surface area contributed by atoms with Crippen molar-refractivity contribution in [3.05, 3.63) is 59.3 Å². The van der Waals surface area contributed by atoms with Gasteiger partial charge in [0.05, 0.1) is 23.5 Å². The fourth-order valence-electron chi connectivity index (χ4n) is 4.52. The maximum atomic E-state index is 13.2. The third-order valence-electron chi connectivity index (χ3n) is 6.62. The molecule has 14 heteroatoms. The molecule has 1 aliphatic heterocycles. The molecule has 5 rings (SSSR count). The van der Waals surface area contributed by atoms with Crippen LogP contribution in [0.3, 0.4) is 0 Å². The number of pyridine rings is 2. The van der Waals surface area contributed by atoms with E-state index in [-0.39, 0.29) is 22.9 Å². The van der Waals surface area contributed by atoms with Crippen LogP contribution in [-0.4, -0.2) is 59.3 Å². The van der Waals surface area contributed by atoms with Gasteiger partial charge in [0.1, 0.15) is 40.3 Å². The predicted octanol–water partition coefficient (Wildman–Crippen LogP) is 5.12. The Bertz CT molecular complexity index is 1660. The molecular formula is C27H27F3N8O3. The number of fused-ring (bicyclic) bond motifs is 1. The van der Waals surface area contributed by atoms with E-state index in [0.29, 0.717) is 29.9 Å². The lowest BCUT2D eigenvalue weighted by atomic mass is 10.1. The molecule has 1 saturated heterocycles. The maximum absolute atomic E-state index is 13.2. The molecule has 1 fully saturated rings. The van der Waals surface area contributed by atoms with E-state index in [1.165, 1.54) is 16.9 Å². The Morgan fingerprint density at radius 2 is 1.90 bits per heavy atom. The zero-order valence-corrected chi connectivity index (χ0v) is 23.0. The van der Waals surface area contributed by atoms with Gasteiger partial charge in [-0.05, 0) is 46.8 Å². The average Bonchev–Trinajstić information content (AvgIpc) is 3.45. The van der Waals surface area contributed by atoms with Crippen molar-refractivity contribution in [2.45, 2.75) is 58.5 Å². The summed E-state index contributed by atoms with van der Waals surface area (Å²) >= 11 is 0. The number of alkyl halides is 3. The molecule has 0 radical (unpaired) electrons. The van der Waals surface area contributed by atoms with E-state index in [9.17, 15) is 23.2 Å². The molecule has 214 valence electrons. The van der Waals surface area contributed by atoms with Gasteiger partial charge in [-0.1, -0.05) is 5.21 Å². The van der Waals surface area contributed by atoms with Gasteiger partial charge in [0, 0.05) is 42.8 Å². The molecule has 0 saturated carbocycles. The standard InChI is InChI=1S/C27H27F3N8O3/c1-15-23(34-35-38(15)21-13-36(14-21)25(39)41-26(3,4)5)18-7-22(24-19(8-31)10-33-37(24)12-18)40-16(2)17-6-20(11-32-9-17)27(28,29)30/h6-7,9-12,16,21H,13-14H2,1-5H3. The Hall–Kier alpha value is -4.67. The molecule has 0 N–H and O–H groups in total. The van der Waals surface area contributed by atoms with Crippen molar-refractivity contribution in [2.75, 3.05) is 13.1 Å². The van der Waals surface area contributed by atoms with Gasteiger partial charge in [0.25, 0.3) is 0 Å². The molecule has 4 aromatic rings. The third-order valence-corrected chi connectivity index (χ3v) is 6.62. The van der Waals surface area contributed by atoms with E-state index in [1.807, 2.05) is 6.92 Å². The highest BCUT2D eigenvalue weighted by molar-refractivity contribution is 5.75. The van der Waals surface area contributed by atoms with E-state index in [0.717, 1.165) is 18.0 Å². The van der Waals surface area contributed by atoms with Gasteiger partial charge in [0.2, 0.25) is 0 Å². The lowest BCUT2D eigenvalue weighted by Crippen LogP contribution is -2.52. The van der Waals surface area contributed by atoms with E-state index in [1.54, 1.807) is 49.5 Å². The first-order valence-corrected chi connectivity index (χ1v) is 12.8. The van der Waals surface area contributed by atoms with Gasteiger partial charge < -0.3 is 14.4 Å². The molecule has 1 atom stereocenters. The number of ether oxygens (including phenoxy) is 2. The minimum absolute atomic E-state index is 0.0912. The number of carbonyl (C=O) groups excluding carboxylic acids is 1. The number of hydrogen-bond acceptors (Lipinski definition) is 8. The Kier molecular flexibility index (Phi) is 6.84. The summed E-state index contributed by atoms with van der Waals surface area (Å²) in [6.45, 7) is 9.69. The number of halogens is 3. The van der Waals surface area contributed by atoms with Crippen LogP contribution in [0.1, 0.15) is 62.2 Å². The Morgan fingerprint density at radius 1 is 1.17 bits per heavy atom. The summed E-state index contributed by atoms with van der Waals surface area (Å²) < 4.78 is 54.5. The van der Waals surface area contributed by atoms with Gasteiger partial charge >= 0.3 is 12.3 Å². The second-order valence-corrected chi connectivity index (χ2v) is 10.8. The average molecular weight is 569 g/mol. The lowest BCUT2D eigenvalue weighted by Gasteiger charge is -2.39. The number of nitrogens with zero attached hydrogens (tertiary/aromatic N) is 8. The molecule has 11 nitrogen and oxygen atoms in total. The van der Waals surface area contributed by atoms with Gasteiger partial charge in [0.15, 0.2) is 0 Å². The first-order chi connectivity index (χ1) is 19.2. The van der Waals surface area contributed by atoms with Crippen LogP contribution >= 0.6 is 0 Å². The molecule has 4 aromatic heterocycles. The molecule has 1 unspecified atom stereocenters. The Morgan fingerprint density at radius 3 is 2.56 bits per heavy atom. The summed E-state index contributed by atoms with van der Waals surface area (Å²) in [6, 6.07) is 4.61. The highest BCUT2D eigenvalue weighted by atomic mass is 19.4. The van der Waals surface area contributed by atoms with Crippen molar-refractivity contribution in [2.24, 2.45) is 0 Å². The van der Waals surface area contributed by atoms with E-state index in [4.69, 9.17) is 9.47 Å². The summed E-state index contributed by atoms with van der Waals surface area (Å²) in [5, 5.41) is 22.5. The Labute approximate surface area is 233 Å². The van der Waals surface area contributed by atoms with Gasteiger partial charge in [-0.2, -0.15) is 23.5 Å². The molecule has 0 spiro atoms.